The molecule has 3 N–H and O–H groups in total. The number of rotatable bonds is 3. The number of aliphatic hydroxyl groups excluding tert-OH is 1. The van der Waals surface area contributed by atoms with E-state index in [2.05, 4.69) is 10.6 Å². The zero-order valence-electron chi connectivity index (χ0n) is 13.1. The average molecular weight is 341 g/mol. The van der Waals surface area contributed by atoms with Crippen molar-refractivity contribution >= 4 is 23.0 Å². The normalized spacial score (nSPS) is 20.9. The minimum Gasteiger partial charge on any atom is -0.481 e. The van der Waals surface area contributed by atoms with Gasteiger partial charge in [-0.15, -0.1) is 0 Å². The number of benzene rings is 2. The largest absolute Gasteiger partial charge is 0.481 e. The molecule has 0 aromatic heterocycles. The quantitative estimate of drug-likeness (QED) is 0.581. The van der Waals surface area contributed by atoms with Crippen molar-refractivity contribution in [1.29, 1.82) is 0 Å². The number of aliphatic hydroxyl groups is 1. The van der Waals surface area contributed by atoms with Gasteiger partial charge in [0, 0.05) is 6.42 Å². The molecule has 1 aliphatic carbocycles. The molecule has 0 spiro atoms. The van der Waals surface area contributed by atoms with Gasteiger partial charge in [0.15, 0.2) is 12.4 Å². The first-order chi connectivity index (χ1) is 12.0. The van der Waals surface area contributed by atoms with Crippen LogP contribution in [0, 0.1) is 10.1 Å². The number of nitrogens with zero attached hydrogens (tertiary/aromatic N) is 1. The van der Waals surface area contributed by atoms with Crippen molar-refractivity contribution in [2.24, 2.45) is 0 Å². The number of carbonyl (C=O) groups excluding carboxylic acids is 1. The van der Waals surface area contributed by atoms with E-state index in [9.17, 15) is 20.0 Å². The molecule has 0 unspecified atom stereocenters. The summed E-state index contributed by atoms with van der Waals surface area (Å²) in [6.45, 7) is -0.175. The van der Waals surface area contributed by atoms with Crippen LogP contribution in [0.2, 0.25) is 0 Å². The third-order valence-corrected chi connectivity index (χ3v) is 4.44. The highest BCUT2D eigenvalue weighted by atomic mass is 16.6. The van der Waals surface area contributed by atoms with E-state index in [1.807, 2.05) is 24.3 Å². The molecule has 1 aliphatic heterocycles. The SMILES string of the molecule is O=C1COc2cc([N+](=O)[O-])c(N[C@H]3c4ccccc4C[C@H]3O)cc2N1. The lowest BCUT2D eigenvalue weighted by atomic mass is 10.1. The van der Waals surface area contributed by atoms with Gasteiger partial charge in [0.25, 0.3) is 11.6 Å². The van der Waals surface area contributed by atoms with Crippen LogP contribution in [-0.4, -0.2) is 28.6 Å². The Labute approximate surface area is 142 Å². The van der Waals surface area contributed by atoms with Gasteiger partial charge in [-0.1, -0.05) is 24.3 Å². The molecule has 128 valence electrons. The van der Waals surface area contributed by atoms with E-state index in [-0.39, 0.29) is 29.6 Å². The van der Waals surface area contributed by atoms with Gasteiger partial charge in [-0.05, 0) is 17.2 Å². The molecule has 1 amide bonds. The minimum atomic E-state index is -0.695. The summed E-state index contributed by atoms with van der Waals surface area (Å²) in [5.74, 6) is -0.0669. The second-order valence-corrected chi connectivity index (χ2v) is 6.05. The number of fused-ring (bicyclic) bond motifs is 2. The van der Waals surface area contributed by atoms with E-state index in [0.29, 0.717) is 12.1 Å². The number of hydrogen-bond donors (Lipinski definition) is 3. The zero-order valence-corrected chi connectivity index (χ0v) is 13.1. The molecule has 2 aromatic carbocycles. The highest BCUT2D eigenvalue weighted by Crippen LogP contribution is 2.41. The zero-order chi connectivity index (χ0) is 17.6. The van der Waals surface area contributed by atoms with E-state index in [1.54, 1.807) is 0 Å². The number of nitro benzene ring substituents is 1. The predicted octanol–water partition coefficient (Wildman–Crippen LogP) is 2.00. The van der Waals surface area contributed by atoms with E-state index < -0.39 is 17.1 Å². The Morgan fingerprint density at radius 1 is 1.32 bits per heavy atom. The lowest BCUT2D eigenvalue weighted by Gasteiger charge is -2.22. The number of ether oxygens (including phenoxy) is 1. The Bertz CT molecular complexity index is 883. The summed E-state index contributed by atoms with van der Waals surface area (Å²) in [6, 6.07) is 9.85. The van der Waals surface area contributed by atoms with Crippen LogP contribution in [0.1, 0.15) is 17.2 Å². The molecule has 0 bridgehead atoms. The van der Waals surface area contributed by atoms with Gasteiger partial charge in [-0.2, -0.15) is 0 Å². The van der Waals surface area contributed by atoms with Crippen LogP contribution in [0.4, 0.5) is 17.1 Å². The van der Waals surface area contributed by atoms with Crippen molar-refractivity contribution in [3.63, 3.8) is 0 Å². The van der Waals surface area contributed by atoms with Crippen molar-refractivity contribution in [2.75, 3.05) is 17.2 Å². The van der Waals surface area contributed by atoms with Crippen molar-refractivity contribution in [1.82, 2.24) is 0 Å². The first-order valence-corrected chi connectivity index (χ1v) is 7.80. The third-order valence-electron chi connectivity index (χ3n) is 4.44. The molecular weight excluding hydrogens is 326 g/mol. The summed E-state index contributed by atoms with van der Waals surface area (Å²) in [5, 5.41) is 27.5. The fraction of sp³-hybridized carbons (Fsp3) is 0.235. The van der Waals surface area contributed by atoms with Crippen LogP contribution in [-0.2, 0) is 11.2 Å². The van der Waals surface area contributed by atoms with Crippen LogP contribution >= 0.6 is 0 Å². The number of carbonyl (C=O) groups is 1. The van der Waals surface area contributed by atoms with Crippen molar-refractivity contribution in [3.8, 4) is 5.75 Å². The van der Waals surface area contributed by atoms with Gasteiger partial charge >= 0.3 is 0 Å². The molecule has 4 rings (SSSR count). The van der Waals surface area contributed by atoms with E-state index in [1.165, 1.54) is 12.1 Å². The van der Waals surface area contributed by atoms with Gasteiger partial charge in [0.2, 0.25) is 0 Å². The molecular formula is C17H15N3O5. The fourth-order valence-electron chi connectivity index (χ4n) is 3.30. The summed E-state index contributed by atoms with van der Waals surface area (Å²) in [6.07, 6.45) is -0.217. The number of nitrogens with one attached hydrogen (secondary N) is 2. The van der Waals surface area contributed by atoms with E-state index in [0.717, 1.165) is 11.1 Å². The summed E-state index contributed by atoms with van der Waals surface area (Å²) in [5.41, 5.74) is 2.32. The Morgan fingerprint density at radius 3 is 2.92 bits per heavy atom. The Morgan fingerprint density at radius 2 is 2.12 bits per heavy atom. The lowest BCUT2D eigenvalue weighted by Crippen LogP contribution is -2.26. The van der Waals surface area contributed by atoms with Gasteiger partial charge in [0.05, 0.1) is 28.8 Å². The van der Waals surface area contributed by atoms with Crippen molar-refractivity contribution in [2.45, 2.75) is 18.6 Å². The van der Waals surface area contributed by atoms with Gasteiger partial charge in [0.1, 0.15) is 5.69 Å². The smallest absolute Gasteiger partial charge is 0.296 e. The van der Waals surface area contributed by atoms with Gasteiger partial charge in [-0.25, -0.2) is 0 Å². The van der Waals surface area contributed by atoms with Crippen molar-refractivity contribution in [3.05, 3.63) is 57.6 Å². The average Bonchev–Trinajstić information content (AvgIpc) is 2.90. The maximum Gasteiger partial charge on any atom is 0.296 e. The monoisotopic (exact) mass is 341 g/mol. The molecule has 25 heavy (non-hydrogen) atoms. The molecule has 0 saturated carbocycles. The number of amides is 1. The van der Waals surface area contributed by atoms with Crippen LogP contribution < -0.4 is 15.4 Å². The molecule has 2 aromatic rings. The third kappa shape index (κ3) is 2.66. The van der Waals surface area contributed by atoms with Crippen LogP contribution in [0.15, 0.2) is 36.4 Å². The predicted molar refractivity (Wildman–Crippen MR) is 89.7 cm³/mol. The van der Waals surface area contributed by atoms with Crippen LogP contribution in [0.5, 0.6) is 5.75 Å². The molecule has 0 radical (unpaired) electrons. The van der Waals surface area contributed by atoms with Gasteiger partial charge < -0.3 is 20.5 Å². The number of nitro groups is 1. The Balaban J connectivity index is 1.74. The Kier molecular flexibility index (Phi) is 3.54. The summed E-state index contributed by atoms with van der Waals surface area (Å²) in [4.78, 5) is 22.4. The minimum absolute atomic E-state index is 0.175. The summed E-state index contributed by atoms with van der Waals surface area (Å²) in [7, 11) is 0. The molecule has 2 aliphatic rings. The topological polar surface area (TPSA) is 114 Å². The second kappa shape index (κ2) is 5.75. The molecule has 2 atom stereocenters. The maximum atomic E-state index is 11.5. The van der Waals surface area contributed by atoms with Crippen LogP contribution in [0.25, 0.3) is 0 Å². The van der Waals surface area contributed by atoms with Crippen LogP contribution in [0.3, 0.4) is 0 Å². The molecule has 8 nitrogen and oxygen atoms in total. The lowest BCUT2D eigenvalue weighted by molar-refractivity contribution is -0.384. The highest BCUT2D eigenvalue weighted by Gasteiger charge is 2.33. The first-order valence-electron chi connectivity index (χ1n) is 7.80. The highest BCUT2D eigenvalue weighted by molar-refractivity contribution is 5.96. The summed E-state index contributed by atoms with van der Waals surface area (Å²) < 4.78 is 5.24. The van der Waals surface area contributed by atoms with Crippen molar-refractivity contribution < 1.29 is 19.6 Å². The second-order valence-electron chi connectivity index (χ2n) is 6.05. The van der Waals surface area contributed by atoms with E-state index >= 15 is 0 Å². The number of anilines is 2. The molecule has 0 fully saturated rings. The fourth-order valence-corrected chi connectivity index (χ4v) is 3.30. The maximum absolute atomic E-state index is 11.5. The van der Waals surface area contributed by atoms with Gasteiger partial charge in [-0.3, -0.25) is 14.9 Å². The first kappa shape index (κ1) is 15.4. The summed E-state index contributed by atoms with van der Waals surface area (Å²) >= 11 is 0. The van der Waals surface area contributed by atoms with E-state index in [4.69, 9.17) is 4.74 Å². The number of hydrogen-bond acceptors (Lipinski definition) is 6. The Hall–Kier alpha value is -3.13. The molecule has 8 heteroatoms. The standard InChI is InChI=1S/C17H15N3O5/c21-14-5-9-3-1-2-4-10(9)17(14)19-11-6-12-15(7-13(11)20(23)24)25-8-16(22)18-12/h1-4,6-7,14,17,19,21H,5,8H2,(H,18,22)/t14-,17+/m1/s1. The molecule has 1 heterocycles. The molecule has 0 saturated heterocycles.